The third-order valence-corrected chi connectivity index (χ3v) is 3.29. The number of ether oxygens (including phenoxy) is 1. The van der Waals surface area contributed by atoms with Crippen LogP contribution in [-0.2, 0) is 0 Å². The van der Waals surface area contributed by atoms with Crippen molar-refractivity contribution in [1.82, 2.24) is 10.2 Å². The zero-order chi connectivity index (χ0) is 9.26. The van der Waals surface area contributed by atoms with Gasteiger partial charge in [0.2, 0.25) is 5.13 Å². The summed E-state index contributed by atoms with van der Waals surface area (Å²) in [7, 11) is 1.63. The summed E-state index contributed by atoms with van der Waals surface area (Å²) in [5.74, 6) is 0.821. The monoisotopic (exact) mass is 213 g/mol. The fraction of sp³-hybridized carbons (Fsp3) is 0.143. The van der Waals surface area contributed by atoms with Gasteiger partial charge in [-0.15, -0.1) is 21.5 Å². The standard InChI is InChI=1S/C7H7N3OS2/c1-11-4-2-3-12-5(4)6-9-10-7(8)13-6/h2-3H,1H3,(H2,8,10). The molecule has 13 heavy (non-hydrogen) atoms. The highest BCUT2D eigenvalue weighted by Crippen LogP contribution is 2.37. The topological polar surface area (TPSA) is 61.0 Å². The average Bonchev–Trinajstić information content (AvgIpc) is 2.71. The first-order valence-electron chi connectivity index (χ1n) is 3.52. The minimum absolute atomic E-state index is 0.477. The third-order valence-electron chi connectivity index (χ3n) is 1.48. The fourth-order valence-electron chi connectivity index (χ4n) is 0.940. The number of nitrogens with two attached hydrogens (primary N) is 1. The second-order valence-corrected chi connectivity index (χ2v) is 4.19. The predicted octanol–water partition coefficient (Wildman–Crippen LogP) is 1.86. The van der Waals surface area contributed by atoms with Gasteiger partial charge >= 0.3 is 0 Å². The molecule has 2 heterocycles. The van der Waals surface area contributed by atoms with Crippen molar-refractivity contribution >= 4 is 27.8 Å². The van der Waals surface area contributed by atoms with Crippen LogP contribution in [0.1, 0.15) is 0 Å². The van der Waals surface area contributed by atoms with Gasteiger partial charge in [0.15, 0.2) is 5.01 Å². The minimum atomic E-state index is 0.477. The molecule has 0 aromatic carbocycles. The van der Waals surface area contributed by atoms with Crippen molar-refractivity contribution in [2.24, 2.45) is 0 Å². The van der Waals surface area contributed by atoms with E-state index in [2.05, 4.69) is 10.2 Å². The first kappa shape index (κ1) is 8.46. The first-order chi connectivity index (χ1) is 6.31. The van der Waals surface area contributed by atoms with Crippen LogP contribution in [0, 0.1) is 0 Å². The molecule has 4 nitrogen and oxygen atoms in total. The van der Waals surface area contributed by atoms with Gasteiger partial charge in [0.1, 0.15) is 10.6 Å². The normalized spacial score (nSPS) is 10.2. The molecule has 0 amide bonds. The lowest BCUT2D eigenvalue weighted by molar-refractivity contribution is 0.418. The van der Waals surface area contributed by atoms with Crippen LogP contribution in [0.3, 0.4) is 0 Å². The van der Waals surface area contributed by atoms with Crippen LogP contribution in [0.4, 0.5) is 5.13 Å². The summed E-state index contributed by atoms with van der Waals surface area (Å²) in [6.07, 6.45) is 0. The third kappa shape index (κ3) is 1.50. The van der Waals surface area contributed by atoms with Crippen molar-refractivity contribution in [1.29, 1.82) is 0 Å². The maximum Gasteiger partial charge on any atom is 0.203 e. The van der Waals surface area contributed by atoms with E-state index in [-0.39, 0.29) is 0 Å². The molecule has 0 radical (unpaired) electrons. The molecule has 0 atom stereocenters. The van der Waals surface area contributed by atoms with Crippen molar-refractivity contribution < 1.29 is 4.74 Å². The molecular weight excluding hydrogens is 206 g/mol. The average molecular weight is 213 g/mol. The molecule has 2 aromatic heterocycles. The first-order valence-corrected chi connectivity index (χ1v) is 5.21. The Bertz CT molecular complexity index is 409. The van der Waals surface area contributed by atoms with E-state index >= 15 is 0 Å². The molecular formula is C7H7N3OS2. The summed E-state index contributed by atoms with van der Waals surface area (Å²) in [6.45, 7) is 0. The van der Waals surface area contributed by atoms with E-state index in [1.807, 2.05) is 11.4 Å². The Hall–Kier alpha value is -1.14. The van der Waals surface area contributed by atoms with Gasteiger partial charge in [-0.05, 0) is 11.4 Å². The smallest absolute Gasteiger partial charge is 0.203 e. The molecule has 68 valence electrons. The Balaban J connectivity index is 2.45. The maximum atomic E-state index is 5.48. The lowest BCUT2D eigenvalue weighted by Crippen LogP contribution is -1.81. The molecule has 0 saturated carbocycles. The molecule has 0 bridgehead atoms. The lowest BCUT2D eigenvalue weighted by Gasteiger charge is -1.96. The molecule has 2 rings (SSSR count). The summed E-state index contributed by atoms with van der Waals surface area (Å²) >= 11 is 2.93. The van der Waals surface area contributed by atoms with Crippen LogP contribution in [0.5, 0.6) is 5.75 Å². The number of anilines is 1. The van der Waals surface area contributed by atoms with Crippen molar-refractivity contribution in [2.45, 2.75) is 0 Å². The van der Waals surface area contributed by atoms with Crippen LogP contribution < -0.4 is 10.5 Å². The van der Waals surface area contributed by atoms with E-state index in [0.29, 0.717) is 5.13 Å². The Morgan fingerprint density at radius 3 is 2.92 bits per heavy atom. The molecule has 0 fully saturated rings. The number of thiophene rings is 1. The van der Waals surface area contributed by atoms with Gasteiger partial charge in [0.25, 0.3) is 0 Å². The molecule has 0 aliphatic carbocycles. The second kappa shape index (κ2) is 3.31. The summed E-state index contributed by atoms with van der Waals surface area (Å²) in [6, 6.07) is 1.90. The van der Waals surface area contributed by atoms with Gasteiger partial charge in [0.05, 0.1) is 7.11 Å². The second-order valence-electron chi connectivity index (χ2n) is 2.26. The van der Waals surface area contributed by atoms with E-state index in [1.54, 1.807) is 18.4 Å². The zero-order valence-corrected chi connectivity index (χ0v) is 8.48. The number of nitrogen functional groups attached to an aromatic ring is 1. The zero-order valence-electron chi connectivity index (χ0n) is 6.85. The number of methoxy groups -OCH3 is 1. The van der Waals surface area contributed by atoms with E-state index < -0.39 is 0 Å². The highest BCUT2D eigenvalue weighted by molar-refractivity contribution is 7.23. The highest BCUT2D eigenvalue weighted by atomic mass is 32.1. The molecule has 0 unspecified atom stereocenters. The number of hydrogen-bond acceptors (Lipinski definition) is 6. The van der Waals surface area contributed by atoms with Crippen molar-refractivity contribution in [2.75, 3.05) is 12.8 Å². The van der Waals surface area contributed by atoms with Gasteiger partial charge in [-0.2, -0.15) is 0 Å². The van der Waals surface area contributed by atoms with Crippen LogP contribution in [0.2, 0.25) is 0 Å². The lowest BCUT2D eigenvalue weighted by atomic mass is 10.4. The molecule has 6 heteroatoms. The number of rotatable bonds is 2. The summed E-state index contributed by atoms with van der Waals surface area (Å²) in [4.78, 5) is 0.983. The molecule has 0 aliphatic rings. The van der Waals surface area contributed by atoms with Crippen LogP contribution in [0.25, 0.3) is 9.88 Å². The van der Waals surface area contributed by atoms with Gasteiger partial charge in [-0.3, -0.25) is 0 Å². The highest BCUT2D eigenvalue weighted by Gasteiger charge is 2.11. The molecule has 2 aromatic rings. The van der Waals surface area contributed by atoms with Crippen LogP contribution in [0.15, 0.2) is 11.4 Å². The fourth-order valence-corrected chi connectivity index (χ4v) is 2.50. The van der Waals surface area contributed by atoms with Gasteiger partial charge in [0, 0.05) is 0 Å². The van der Waals surface area contributed by atoms with E-state index in [0.717, 1.165) is 15.6 Å². The van der Waals surface area contributed by atoms with Crippen LogP contribution in [-0.4, -0.2) is 17.3 Å². The van der Waals surface area contributed by atoms with Crippen LogP contribution >= 0.6 is 22.7 Å². The van der Waals surface area contributed by atoms with E-state index in [4.69, 9.17) is 10.5 Å². The quantitative estimate of drug-likeness (QED) is 0.827. The molecule has 2 N–H and O–H groups in total. The Morgan fingerprint density at radius 1 is 1.46 bits per heavy atom. The maximum absolute atomic E-state index is 5.48. The Morgan fingerprint density at radius 2 is 2.31 bits per heavy atom. The molecule has 0 aliphatic heterocycles. The predicted molar refractivity (Wildman–Crippen MR) is 54.2 cm³/mol. The minimum Gasteiger partial charge on any atom is -0.495 e. The molecule has 0 saturated heterocycles. The summed E-state index contributed by atoms with van der Waals surface area (Å²) in [5.41, 5.74) is 5.48. The number of hydrogen-bond donors (Lipinski definition) is 1. The SMILES string of the molecule is COc1ccsc1-c1nnc(N)s1. The number of nitrogens with zero attached hydrogens (tertiary/aromatic N) is 2. The van der Waals surface area contributed by atoms with E-state index in [1.165, 1.54) is 11.3 Å². The summed E-state index contributed by atoms with van der Waals surface area (Å²) in [5, 5.41) is 10.9. The Kier molecular flexibility index (Phi) is 2.15. The summed E-state index contributed by atoms with van der Waals surface area (Å²) < 4.78 is 5.16. The van der Waals surface area contributed by atoms with Crippen molar-refractivity contribution in [3.8, 4) is 15.6 Å². The molecule has 0 spiro atoms. The van der Waals surface area contributed by atoms with Crippen molar-refractivity contribution in [3.05, 3.63) is 11.4 Å². The van der Waals surface area contributed by atoms with Crippen molar-refractivity contribution in [3.63, 3.8) is 0 Å². The van der Waals surface area contributed by atoms with Gasteiger partial charge in [-0.1, -0.05) is 11.3 Å². The van der Waals surface area contributed by atoms with E-state index in [9.17, 15) is 0 Å². The van der Waals surface area contributed by atoms with Gasteiger partial charge in [-0.25, -0.2) is 0 Å². The van der Waals surface area contributed by atoms with Gasteiger partial charge < -0.3 is 10.5 Å². The Labute approximate surface area is 83.0 Å². The largest absolute Gasteiger partial charge is 0.495 e. The number of aromatic nitrogens is 2.